The van der Waals surface area contributed by atoms with Gasteiger partial charge in [-0.15, -0.1) is 24.0 Å². The number of nitrogens with zero attached hydrogens (tertiary/aromatic N) is 1. The van der Waals surface area contributed by atoms with Crippen LogP contribution in [0, 0.1) is 0 Å². The van der Waals surface area contributed by atoms with Gasteiger partial charge in [0.2, 0.25) is 0 Å². The van der Waals surface area contributed by atoms with Gasteiger partial charge < -0.3 is 15.1 Å². The fourth-order valence-corrected chi connectivity index (χ4v) is 1.70. The molecule has 0 bridgehead atoms. The molecule has 0 saturated carbocycles. The minimum Gasteiger partial charge on any atom is -0.469 e. The number of guanidine groups is 1. The molecule has 4 nitrogen and oxygen atoms in total. The smallest absolute Gasteiger partial charge is 0.191 e. The van der Waals surface area contributed by atoms with E-state index in [0.29, 0.717) is 0 Å². The Kier molecular flexibility index (Phi) is 10.7. The third-order valence-electron chi connectivity index (χ3n) is 2.97. The minimum atomic E-state index is 0. The Balaban J connectivity index is 0.00000441. The zero-order valence-corrected chi connectivity index (χ0v) is 17.1. The monoisotopic (exact) mass is 437 g/mol. The van der Waals surface area contributed by atoms with Gasteiger partial charge in [-0.3, -0.25) is 4.99 Å². The molecule has 0 aliphatic rings. The van der Waals surface area contributed by atoms with Crippen molar-refractivity contribution in [2.75, 3.05) is 25.9 Å². The topological polar surface area (TPSA) is 49.6 Å². The molecule has 0 fully saturated rings. The summed E-state index contributed by atoms with van der Waals surface area (Å²) in [5.74, 6) is 1.80. The number of thioether (sulfide) groups is 1. The standard InChI is InChI=1S/C16H27N3OS.HI/c1-13(2)11-18-15(19-12-16(3,4)21-5)17-9-8-14-7-6-10-20-14;/h6-7,10H,1,8-9,11-12H2,2-5H3,(H2,17,18,19);1H. The van der Waals surface area contributed by atoms with Gasteiger partial charge in [-0.25, -0.2) is 0 Å². The molecule has 0 aliphatic carbocycles. The van der Waals surface area contributed by atoms with Crippen molar-refractivity contribution >= 4 is 41.7 Å². The van der Waals surface area contributed by atoms with Gasteiger partial charge in [-0.05, 0) is 39.2 Å². The highest BCUT2D eigenvalue weighted by Crippen LogP contribution is 2.20. The number of aliphatic imine (C=N–C) groups is 1. The zero-order chi connectivity index (χ0) is 15.7. The summed E-state index contributed by atoms with van der Waals surface area (Å²) in [5, 5.41) is 6.63. The van der Waals surface area contributed by atoms with Gasteiger partial charge in [0.25, 0.3) is 0 Å². The first-order valence-corrected chi connectivity index (χ1v) is 8.39. The molecule has 22 heavy (non-hydrogen) atoms. The second-order valence-electron chi connectivity index (χ2n) is 5.70. The van der Waals surface area contributed by atoms with E-state index in [1.807, 2.05) is 30.8 Å². The van der Waals surface area contributed by atoms with Gasteiger partial charge in [0, 0.05) is 24.3 Å². The van der Waals surface area contributed by atoms with Crippen LogP contribution in [0.15, 0.2) is 40.0 Å². The maximum Gasteiger partial charge on any atom is 0.191 e. The van der Waals surface area contributed by atoms with Gasteiger partial charge in [-0.2, -0.15) is 11.8 Å². The van der Waals surface area contributed by atoms with Crippen molar-refractivity contribution in [2.45, 2.75) is 31.9 Å². The molecule has 1 heterocycles. The van der Waals surface area contributed by atoms with E-state index in [0.717, 1.165) is 43.3 Å². The molecule has 0 atom stereocenters. The summed E-state index contributed by atoms with van der Waals surface area (Å²) >= 11 is 1.82. The Hall–Kier alpha value is -0.630. The van der Waals surface area contributed by atoms with E-state index in [-0.39, 0.29) is 28.7 Å². The van der Waals surface area contributed by atoms with Crippen molar-refractivity contribution in [1.82, 2.24) is 10.6 Å². The van der Waals surface area contributed by atoms with Crippen molar-refractivity contribution in [3.05, 3.63) is 36.3 Å². The second-order valence-corrected chi connectivity index (χ2v) is 7.21. The summed E-state index contributed by atoms with van der Waals surface area (Å²) in [6, 6.07) is 3.89. The lowest BCUT2D eigenvalue weighted by Gasteiger charge is -2.20. The Labute approximate surface area is 155 Å². The largest absolute Gasteiger partial charge is 0.469 e. The predicted molar refractivity (Wildman–Crippen MR) is 109 cm³/mol. The lowest BCUT2D eigenvalue weighted by molar-refractivity contribution is 0.506. The fourth-order valence-electron chi connectivity index (χ4n) is 1.50. The molecule has 1 aromatic rings. The molecule has 2 N–H and O–H groups in total. The Morgan fingerprint density at radius 1 is 1.41 bits per heavy atom. The first-order valence-electron chi connectivity index (χ1n) is 7.17. The number of furan rings is 1. The average Bonchev–Trinajstić information content (AvgIpc) is 2.94. The Morgan fingerprint density at radius 2 is 2.14 bits per heavy atom. The van der Waals surface area contributed by atoms with E-state index in [9.17, 15) is 0 Å². The van der Waals surface area contributed by atoms with Crippen molar-refractivity contribution in [2.24, 2.45) is 4.99 Å². The normalized spacial score (nSPS) is 11.7. The molecular weight excluding hydrogens is 409 g/mol. The van der Waals surface area contributed by atoms with E-state index >= 15 is 0 Å². The van der Waals surface area contributed by atoms with Crippen LogP contribution < -0.4 is 10.6 Å². The third-order valence-corrected chi connectivity index (χ3v) is 4.21. The second kappa shape index (κ2) is 11.0. The first-order chi connectivity index (χ1) is 9.93. The van der Waals surface area contributed by atoms with Crippen LogP contribution in [-0.4, -0.2) is 36.6 Å². The molecule has 0 radical (unpaired) electrons. The van der Waals surface area contributed by atoms with E-state index in [2.05, 4.69) is 42.3 Å². The summed E-state index contributed by atoms with van der Waals surface area (Å²) in [5.41, 5.74) is 1.08. The number of nitrogens with one attached hydrogen (secondary N) is 2. The zero-order valence-electron chi connectivity index (χ0n) is 13.9. The predicted octanol–water partition coefficient (Wildman–Crippen LogP) is 3.69. The number of hydrogen-bond acceptors (Lipinski definition) is 3. The third kappa shape index (κ3) is 9.40. The molecular formula is C16H28IN3OS. The Bertz CT molecular complexity index is 458. The molecule has 1 rings (SSSR count). The molecule has 0 amide bonds. The van der Waals surface area contributed by atoms with Crippen molar-refractivity contribution < 1.29 is 4.42 Å². The number of halogens is 1. The minimum absolute atomic E-state index is 0. The summed E-state index contributed by atoms with van der Waals surface area (Å²) in [6.45, 7) is 12.6. The highest BCUT2D eigenvalue weighted by Gasteiger charge is 2.15. The van der Waals surface area contributed by atoms with Crippen molar-refractivity contribution in [3.63, 3.8) is 0 Å². The summed E-state index contributed by atoms with van der Waals surface area (Å²) in [4.78, 5) is 4.66. The van der Waals surface area contributed by atoms with Gasteiger partial charge in [0.05, 0.1) is 12.8 Å². The molecule has 0 unspecified atom stereocenters. The molecule has 126 valence electrons. The van der Waals surface area contributed by atoms with Gasteiger partial charge in [-0.1, -0.05) is 12.2 Å². The highest BCUT2D eigenvalue weighted by atomic mass is 127. The lowest BCUT2D eigenvalue weighted by Crippen LogP contribution is -2.40. The highest BCUT2D eigenvalue weighted by molar-refractivity contribution is 14.0. The van der Waals surface area contributed by atoms with Crippen LogP contribution in [-0.2, 0) is 6.42 Å². The maximum absolute atomic E-state index is 5.33. The average molecular weight is 437 g/mol. The van der Waals surface area contributed by atoms with Gasteiger partial charge in [0.15, 0.2) is 5.96 Å². The van der Waals surface area contributed by atoms with Crippen molar-refractivity contribution in [3.8, 4) is 0 Å². The van der Waals surface area contributed by atoms with Crippen LogP contribution in [0.25, 0.3) is 0 Å². The molecule has 0 spiro atoms. The van der Waals surface area contributed by atoms with Gasteiger partial charge >= 0.3 is 0 Å². The molecule has 0 aliphatic heterocycles. The quantitative estimate of drug-likeness (QED) is 0.282. The lowest BCUT2D eigenvalue weighted by atomic mass is 10.2. The molecule has 0 saturated heterocycles. The van der Waals surface area contributed by atoms with E-state index in [1.54, 1.807) is 6.26 Å². The van der Waals surface area contributed by atoms with E-state index in [4.69, 9.17) is 4.42 Å². The summed E-state index contributed by atoms with van der Waals surface area (Å²) in [7, 11) is 0. The Morgan fingerprint density at radius 3 is 2.68 bits per heavy atom. The van der Waals surface area contributed by atoms with Crippen LogP contribution in [0.1, 0.15) is 26.5 Å². The fraction of sp³-hybridized carbons (Fsp3) is 0.562. The van der Waals surface area contributed by atoms with Crippen LogP contribution in [0.4, 0.5) is 0 Å². The van der Waals surface area contributed by atoms with E-state index < -0.39 is 0 Å². The van der Waals surface area contributed by atoms with Crippen LogP contribution >= 0.6 is 35.7 Å². The van der Waals surface area contributed by atoms with E-state index in [1.165, 1.54) is 0 Å². The number of hydrogen-bond donors (Lipinski definition) is 2. The molecule has 0 aromatic carbocycles. The van der Waals surface area contributed by atoms with Crippen LogP contribution in [0.3, 0.4) is 0 Å². The summed E-state index contributed by atoms with van der Waals surface area (Å²) in [6.07, 6.45) is 4.65. The maximum atomic E-state index is 5.33. The van der Waals surface area contributed by atoms with Crippen LogP contribution in [0.5, 0.6) is 0 Å². The van der Waals surface area contributed by atoms with Crippen LogP contribution in [0.2, 0.25) is 0 Å². The first kappa shape index (κ1) is 21.4. The van der Waals surface area contributed by atoms with Gasteiger partial charge in [0.1, 0.15) is 5.76 Å². The van der Waals surface area contributed by atoms with Crippen molar-refractivity contribution in [1.29, 1.82) is 0 Å². The molecule has 6 heteroatoms. The summed E-state index contributed by atoms with van der Waals surface area (Å²) < 4.78 is 5.47. The SMILES string of the molecule is C=C(C)CNC(=NCC(C)(C)SC)NCCc1ccco1.I. The molecule has 1 aromatic heterocycles. The number of rotatable bonds is 8.